The fraction of sp³-hybridized carbons (Fsp3) is 0.467. The Balaban J connectivity index is 1.98. The standard InChI is InChI=1S/C15H16INO2/c1-10-4-5-11(8-12(10)16)17-13(18)9-15(14(17)19)6-2-3-7-15/h4-5,8H,2-3,6-7,9H2,1H3. The zero-order valence-corrected chi connectivity index (χ0v) is 13.1. The van der Waals surface area contributed by atoms with Crippen LogP contribution in [-0.4, -0.2) is 11.8 Å². The molecule has 0 bridgehead atoms. The summed E-state index contributed by atoms with van der Waals surface area (Å²) in [4.78, 5) is 26.3. The third kappa shape index (κ3) is 2.00. The van der Waals surface area contributed by atoms with E-state index < -0.39 is 0 Å². The maximum absolute atomic E-state index is 12.6. The highest BCUT2D eigenvalue weighted by atomic mass is 127. The summed E-state index contributed by atoms with van der Waals surface area (Å²) < 4.78 is 1.09. The zero-order valence-electron chi connectivity index (χ0n) is 10.9. The maximum Gasteiger partial charge on any atom is 0.240 e. The summed E-state index contributed by atoms with van der Waals surface area (Å²) in [5, 5.41) is 0. The average molecular weight is 369 g/mol. The van der Waals surface area contributed by atoms with Crippen molar-refractivity contribution in [3.63, 3.8) is 0 Å². The first-order valence-corrected chi connectivity index (χ1v) is 7.75. The SMILES string of the molecule is Cc1ccc(N2C(=O)CC3(CCCC3)C2=O)cc1I. The van der Waals surface area contributed by atoms with Gasteiger partial charge in [-0.1, -0.05) is 18.9 Å². The van der Waals surface area contributed by atoms with Crippen molar-refractivity contribution in [1.29, 1.82) is 0 Å². The van der Waals surface area contributed by atoms with E-state index in [9.17, 15) is 9.59 Å². The van der Waals surface area contributed by atoms with Crippen LogP contribution in [0.5, 0.6) is 0 Å². The van der Waals surface area contributed by atoms with Crippen molar-refractivity contribution in [2.24, 2.45) is 5.41 Å². The maximum atomic E-state index is 12.6. The van der Waals surface area contributed by atoms with Gasteiger partial charge in [-0.25, -0.2) is 0 Å². The zero-order chi connectivity index (χ0) is 13.6. The number of hydrogen-bond acceptors (Lipinski definition) is 2. The van der Waals surface area contributed by atoms with Crippen LogP contribution in [0.25, 0.3) is 0 Å². The molecule has 0 aromatic heterocycles. The van der Waals surface area contributed by atoms with E-state index in [0.717, 1.165) is 34.9 Å². The van der Waals surface area contributed by atoms with Crippen molar-refractivity contribution in [3.8, 4) is 0 Å². The van der Waals surface area contributed by atoms with Gasteiger partial charge in [0.15, 0.2) is 0 Å². The summed E-state index contributed by atoms with van der Waals surface area (Å²) in [7, 11) is 0. The number of hydrogen-bond donors (Lipinski definition) is 0. The number of benzene rings is 1. The predicted molar refractivity (Wildman–Crippen MR) is 81.9 cm³/mol. The Morgan fingerprint density at radius 3 is 2.53 bits per heavy atom. The molecule has 0 radical (unpaired) electrons. The lowest BCUT2D eigenvalue weighted by molar-refractivity contribution is -0.125. The first-order chi connectivity index (χ1) is 9.03. The molecule has 1 saturated carbocycles. The first kappa shape index (κ1) is 13.1. The van der Waals surface area contributed by atoms with Crippen LogP contribution in [0.3, 0.4) is 0 Å². The highest BCUT2D eigenvalue weighted by Gasteiger charge is 2.53. The minimum absolute atomic E-state index is 0.0228. The molecule has 4 heteroatoms. The normalized spacial score (nSPS) is 21.7. The Labute approximate surface area is 126 Å². The summed E-state index contributed by atoms with van der Waals surface area (Å²) in [6.07, 6.45) is 4.28. The number of imide groups is 1. The van der Waals surface area contributed by atoms with Gasteiger partial charge in [-0.2, -0.15) is 0 Å². The molecule has 0 unspecified atom stereocenters. The van der Waals surface area contributed by atoms with Crippen LogP contribution in [0.2, 0.25) is 0 Å². The molecule has 2 aliphatic rings. The van der Waals surface area contributed by atoms with Gasteiger partial charge in [0.05, 0.1) is 11.1 Å². The molecular weight excluding hydrogens is 353 g/mol. The molecule has 1 heterocycles. The van der Waals surface area contributed by atoms with E-state index in [0.29, 0.717) is 6.42 Å². The summed E-state index contributed by atoms with van der Waals surface area (Å²) in [6, 6.07) is 5.78. The largest absolute Gasteiger partial charge is 0.274 e. The van der Waals surface area contributed by atoms with Gasteiger partial charge in [0.2, 0.25) is 11.8 Å². The molecule has 1 spiro atoms. The monoisotopic (exact) mass is 369 g/mol. The second-order valence-corrected chi connectivity index (χ2v) is 6.79. The van der Waals surface area contributed by atoms with Crippen molar-refractivity contribution in [2.45, 2.75) is 39.0 Å². The van der Waals surface area contributed by atoms with E-state index in [-0.39, 0.29) is 17.2 Å². The van der Waals surface area contributed by atoms with Crippen molar-refractivity contribution >= 4 is 40.1 Å². The number of aryl methyl sites for hydroxylation is 1. The van der Waals surface area contributed by atoms with Crippen LogP contribution < -0.4 is 4.90 Å². The topological polar surface area (TPSA) is 37.4 Å². The Morgan fingerprint density at radius 1 is 1.21 bits per heavy atom. The minimum atomic E-state index is -0.382. The summed E-state index contributed by atoms with van der Waals surface area (Å²) in [6.45, 7) is 2.03. The van der Waals surface area contributed by atoms with Crippen LogP contribution >= 0.6 is 22.6 Å². The summed E-state index contributed by atoms with van der Waals surface area (Å²) in [5.41, 5.74) is 1.51. The van der Waals surface area contributed by atoms with Crippen molar-refractivity contribution < 1.29 is 9.59 Å². The van der Waals surface area contributed by atoms with E-state index >= 15 is 0 Å². The van der Waals surface area contributed by atoms with E-state index in [1.54, 1.807) is 0 Å². The number of halogens is 1. The third-order valence-electron chi connectivity index (χ3n) is 4.37. The van der Waals surface area contributed by atoms with Gasteiger partial charge in [0.25, 0.3) is 0 Å². The number of carbonyl (C=O) groups is 2. The van der Waals surface area contributed by atoms with Gasteiger partial charge in [-0.05, 0) is 60.1 Å². The van der Waals surface area contributed by atoms with Crippen LogP contribution in [-0.2, 0) is 9.59 Å². The van der Waals surface area contributed by atoms with Crippen LogP contribution in [0, 0.1) is 15.9 Å². The Bertz CT molecular complexity index is 561. The molecule has 3 rings (SSSR count). The first-order valence-electron chi connectivity index (χ1n) is 6.67. The molecule has 1 aliphatic heterocycles. The molecule has 0 atom stereocenters. The molecule has 19 heavy (non-hydrogen) atoms. The van der Waals surface area contributed by atoms with Gasteiger partial charge in [0.1, 0.15) is 0 Å². The van der Waals surface area contributed by atoms with Crippen molar-refractivity contribution in [2.75, 3.05) is 4.90 Å². The van der Waals surface area contributed by atoms with Crippen LogP contribution in [0.15, 0.2) is 18.2 Å². The Morgan fingerprint density at radius 2 is 1.89 bits per heavy atom. The number of rotatable bonds is 1. The van der Waals surface area contributed by atoms with Crippen LogP contribution in [0.4, 0.5) is 5.69 Å². The molecule has 2 amide bonds. The van der Waals surface area contributed by atoms with E-state index in [1.807, 2.05) is 25.1 Å². The second-order valence-electron chi connectivity index (χ2n) is 5.63. The molecule has 100 valence electrons. The minimum Gasteiger partial charge on any atom is -0.274 e. The van der Waals surface area contributed by atoms with Gasteiger partial charge in [0, 0.05) is 9.99 Å². The van der Waals surface area contributed by atoms with Crippen molar-refractivity contribution in [1.82, 2.24) is 0 Å². The van der Waals surface area contributed by atoms with Gasteiger partial charge >= 0.3 is 0 Å². The lowest BCUT2D eigenvalue weighted by Gasteiger charge is -2.21. The summed E-state index contributed by atoms with van der Waals surface area (Å²) in [5.74, 6) is -0.0128. The third-order valence-corrected chi connectivity index (χ3v) is 5.53. The molecule has 1 aromatic rings. The molecule has 1 saturated heterocycles. The quantitative estimate of drug-likeness (QED) is 0.562. The highest BCUT2D eigenvalue weighted by Crippen LogP contribution is 2.48. The molecule has 1 aliphatic carbocycles. The lowest BCUT2D eigenvalue weighted by Crippen LogP contribution is -2.34. The molecule has 0 N–H and O–H groups in total. The Hall–Kier alpha value is -0.910. The molecule has 1 aromatic carbocycles. The Kier molecular flexibility index (Phi) is 3.15. The molecule has 2 fully saturated rings. The van der Waals surface area contributed by atoms with E-state index in [4.69, 9.17) is 0 Å². The van der Waals surface area contributed by atoms with Gasteiger partial charge < -0.3 is 0 Å². The number of anilines is 1. The predicted octanol–water partition coefficient (Wildman–Crippen LogP) is 3.42. The fourth-order valence-corrected chi connectivity index (χ4v) is 3.72. The molecule has 3 nitrogen and oxygen atoms in total. The number of nitrogens with zero attached hydrogens (tertiary/aromatic N) is 1. The van der Waals surface area contributed by atoms with Gasteiger partial charge in [-0.3, -0.25) is 14.5 Å². The second kappa shape index (κ2) is 4.58. The smallest absolute Gasteiger partial charge is 0.240 e. The van der Waals surface area contributed by atoms with Crippen LogP contribution in [0.1, 0.15) is 37.7 Å². The van der Waals surface area contributed by atoms with Gasteiger partial charge in [-0.15, -0.1) is 0 Å². The number of carbonyl (C=O) groups excluding carboxylic acids is 2. The lowest BCUT2D eigenvalue weighted by atomic mass is 9.84. The fourth-order valence-electron chi connectivity index (χ4n) is 3.22. The summed E-state index contributed by atoms with van der Waals surface area (Å²) >= 11 is 2.24. The van der Waals surface area contributed by atoms with E-state index in [2.05, 4.69) is 22.6 Å². The highest BCUT2D eigenvalue weighted by molar-refractivity contribution is 14.1. The number of amides is 2. The average Bonchev–Trinajstić information content (AvgIpc) is 2.91. The van der Waals surface area contributed by atoms with E-state index in [1.165, 1.54) is 10.5 Å². The molecular formula is C15H16INO2. The van der Waals surface area contributed by atoms with Crippen molar-refractivity contribution in [3.05, 3.63) is 27.3 Å².